The molecule has 0 unspecified atom stereocenters. The van der Waals surface area contributed by atoms with Crippen molar-refractivity contribution >= 4 is 66.9 Å². The number of carbonyl (C=O) groups is 3. The predicted octanol–water partition coefficient (Wildman–Crippen LogP) is 3.31. The van der Waals surface area contributed by atoms with Crippen LogP contribution in [0.1, 0.15) is 31.3 Å². The van der Waals surface area contributed by atoms with Crippen LogP contribution >= 0.6 is 27.3 Å². The summed E-state index contributed by atoms with van der Waals surface area (Å²) < 4.78 is 7.70. The summed E-state index contributed by atoms with van der Waals surface area (Å²) in [5.74, 6) is -0.299. The van der Waals surface area contributed by atoms with Crippen LogP contribution in [0, 0.1) is 0 Å². The molecule has 0 atom stereocenters. The van der Waals surface area contributed by atoms with E-state index in [1.54, 1.807) is 15.0 Å². The average molecular weight is 634 g/mol. The van der Waals surface area contributed by atoms with Crippen LogP contribution in [-0.2, 0) is 16.1 Å². The number of piperazine rings is 1. The quantitative estimate of drug-likeness (QED) is 0.424. The van der Waals surface area contributed by atoms with Crippen LogP contribution in [0.5, 0.6) is 0 Å². The summed E-state index contributed by atoms with van der Waals surface area (Å²) in [6, 6.07) is 3.69. The number of ether oxygens (including phenoxy) is 1. The maximum absolute atomic E-state index is 12.9. The van der Waals surface area contributed by atoms with Gasteiger partial charge in [-0.25, -0.2) is 9.78 Å². The minimum atomic E-state index is -0.531. The molecule has 0 radical (unpaired) electrons. The van der Waals surface area contributed by atoms with Gasteiger partial charge in [0.2, 0.25) is 5.91 Å². The van der Waals surface area contributed by atoms with Crippen LogP contribution in [0.4, 0.5) is 15.6 Å². The summed E-state index contributed by atoms with van der Waals surface area (Å²) in [6.45, 7) is 9.88. The molecule has 2 saturated heterocycles. The molecule has 2 fully saturated rings. The van der Waals surface area contributed by atoms with E-state index in [0.717, 1.165) is 37.1 Å². The normalized spacial score (nSPS) is 16.6. The molecule has 14 heteroatoms. The van der Waals surface area contributed by atoms with E-state index in [2.05, 4.69) is 48.6 Å². The van der Waals surface area contributed by atoms with Crippen molar-refractivity contribution in [2.45, 2.75) is 39.0 Å². The maximum Gasteiger partial charge on any atom is 0.410 e. The van der Waals surface area contributed by atoms with E-state index in [0.29, 0.717) is 28.4 Å². The number of thiazole rings is 1. The number of nitrogens with one attached hydrogen (secondary N) is 2. The highest BCUT2D eigenvalue weighted by molar-refractivity contribution is 9.10. The Hall–Kier alpha value is -3.23. The fraction of sp³-hybridized carbons (Fsp3) is 0.500. The number of fused-ring (bicyclic) bond motifs is 1. The van der Waals surface area contributed by atoms with Crippen LogP contribution in [0.3, 0.4) is 0 Å². The van der Waals surface area contributed by atoms with Gasteiger partial charge in [-0.05, 0) is 55.9 Å². The zero-order chi connectivity index (χ0) is 28.6. The summed E-state index contributed by atoms with van der Waals surface area (Å²) in [4.78, 5) is 47.9. The third-order valence-corrected chi connectivity index (χ3v) is 8.07. The van der Waals surface area contributed by atoms with Gasteiger partial charge in [-0.1, -0.05) is 0 Å². The molecule has 1 aromatic carbocycles. The highest BCUT2D eigenvalue weighted by Gasteiger charge is 2.34. The van der Waals surface area contributed by atoms with Crippen molar-refractivity contribution in [3.63, 3.8) is 0 Å². The van der Waals surface area contributed by atoms with Gasteiger partial charge >= 0.3 is 6.09 Å². The van der Waals surface area contributed by atoms with Crippen molar-refractivity contribution in [1.29, 1.82) is 0 Å². The average Bonchev–Trinajstić information content (AvgIpc) is 3.47. The van der Waals surface area contributed by atoms with Gasteiger partial charge in [-0.15, -0.1) is 11.3 Å². The molecule has 2 aromatic heterocycles. The van der Waals surface area contributed by atoms with Crippen molar-refractivity contribution in [2.75, 3.05) is 56.9 Å². The number of rotatable bonds is 6. The van der Waals surface area contributed by atoms with Crippen LogP contribution in [0.15, 0.2) is 28.2 Å². The Labute approximate surface area is 244 Å². The van der Waals surface area contributed by atoms with Gasteiger partial charge in [0, 0.05) is 60.7 Å². The summed E-state index contributed by atoms with van der Waals surface area (Å²) in [7, 11) is 2.05. The van der Waals surface area contributed by atoms with E-state index in [4.69, 9.17) is 4.74 Å². The molecule has 4 heterocycles. The van der Waals surface area contributed by atoms with Crippen LogP contribution in [0.2, 0.25) is 0 Å². The lowest BCUT2D eigenvalue weighted by Crippen LogP contribution is -2.57. The minimum Gasteiger partial charge on any atom is -0.444 e. The van der Waals surface area contributed by atoms with E-state index >= 15 is 0 Å². The first-order valence-corrected chi connectivity index (χ1v) is 14.7. The number of amides is 3. The minimum absolute atomic E-state index is 0.0425. The highest BCUT2D eigenvalue weighted by atomic mass is 79.9. The molecule has 5 rings (SSSR count). The van der Waals surface area contributed by atoms with Crippen molar-refractivity contribution < 1.29 is 19.1 Å². The Kier molecular flexibility index (Phi) is 8.02. The SMILES string of the molecule is CN1CCN(C(=O)Cn2cc3cc(NC(=O)c4csc(NC5CN(C(=O)OC(C)(C)C)C5)n4)c(Br)cc3n2)CC1. The summed E-state index contributed by atoms with van der Waals surface area (Å²) in [5.41, 5.74) is 1.06. The van der Waals surface area contributed by atoms with E-state index in [1.165, 1.54) is 11.3 Å². The van der Waals surface area contributed by atoms with Gasteiger partial charge in [-0.3, -0.25) is 14.3 Å². The first-order valence-electron chi connectivity index (χ1n) is 13.1. The number of likely N-dealkylation sites (tertiary alicyclic amines) is 1. The number of anilines is 2. The van der Waals surface area contributed by atoms with Crippen LogP contribution in [-0.4, -0.2) is 105 Å². The first-order chi connectivity index (χ1) is 18.9. The maximum atomic E-state index is 12.9. The smallest absolute Gasteiger partial charge is 0.410 e. The monoisotopic (exact) mass is 632 g/mol. The zero-order valence-electron chi connectivity index (χ0n) is 22.9. The standard InChI is InChI=1S/C26H33BrN8O4S/c1-26(2,3)39-25(38)34-12-17(13-34)28-24-30-21(15-40-24)23(37)29-20-9-16-11-35(31-19(16)10-18(20)27)14-22(36)33-7-5-32(4)6-8-33/h9-11,15,17H,5-8,12-14H2,1-4H3,(H,28,30)(H,29,37). The lowest BCUT2D eigenvalue weighted by atomic mass is 10.1. The number of nitrogens with zero attached hydrogens (tertiary/aromatic N) is 6. The molecular weight excluding hydrogens is 600 g/mol. The molecule has 2 aliphatic heterocycles. The third kappa shape index (κ3) is 6.73. The largest absolute Gasteiger partial charge is 0.444 e. The molecule has 0 aliphatic carbocycles. The van der Waals surface area contributed by atoms with Gasteiger partial charge in [-0.2, -0.15) is 5.10 Å². The first kappa shape index (κ1) is 28.3. The molecular formula is C26H33BrN8O4S. The number of likely N-dealkylation sites (N-methyl/N-ethyl adjacent to an activating group) is 1. The Morgan fingerprint density at radius 3 is 2.55 bits per heavy atom. The van der Waals surface area contributed by atoms with E-state index < -0.39 is 5.60 Å². The Balaban J connectivity index is 1.16. The van der Waals surface area contributed by atoms with Crippen LogP contribution < -0.4 is 10.6 Å². The second-order valence-corrected chi connectivity index (χ2v) is 12.8. The van der Waals surface area contributed by atoms with E-state index in [1.807, 2.05) is 44.0 Å². The van der Waals surface area contributed by atoms with Crippen molar-refractivity contribution in [2.24, 2.45) is 0 Å². The Morgan fingerprint density at radius 1 is 1.12 bits per heavy atom. The van der Waals surface area contributed by atoms with Crippen molar-refractivity contribution in [3.05, 3.63) is 33.9 Å². The number of carbonyl (C=O) groups excluding carboxylic acids is 3. The van der Waals surface area contributed by atoms with Crippen molar-refractivity contribution in [3.8, 4) is 0 Å². The number of hydrogen-bond acceptors (Lipinski definition) is 9. The number of halogens is 1. The topological polar surface area (TPSA) is 125 Å². The molecule has 214 valence electrons. The lowest BCUT2D eigenvalue weighted by molar-refractivity contribution is -0.133. The lowest BCUT2D eigenvalue weighted by Gasteiger charge is -2.39. The number of benzene rings is 1. The number of aromatic nitrogens is 3. The molecule has 0 spiro atoms. The number of hydrogen-bond donors (Lipinski definition) is 2. The van der Waals surface area contributed by atoms with Gasteiger partial charge in [0.15, 0.2) is 5.13 Å². The highest BCUT2D eigenvalue weighted by Crippen LogP contribution is 2.29. The van der Waals surface area contributed by atoms with Gasteiger partial charge in [0.25, 0.3) is 5.91 Å². The van der Waals surface area contributed by atoms with Crippen LogP contribution in [0.25, 0.3) is 10.9 Å². The van der Waals surface area contributed by atoms with E-state index in [-0.39, 0.29) is 36.2 Å². The predicted molar refractivity (Wildman–Crippen MR) is 157 cm³/mol. The van der Waals surface area contributed by atoms with E-state index in [9.17, 15) is 14.4 Å². The molecule has 0 saturated carbocycles. The third-order valence-electron chi connectivity index (χ3n) is 6.64. The fourth-order valence-corrected chi connectivity index (χ4v) is 5.62. The summed E-state index contributed by atoms with van der Waals surface area (Å²) >= 11 is 4.85. The molecule has 2 aliphatic rings. The molecule has 2 N–H and O–H groups in total. The fourth-order valence-electron chi connectivity index (χ4n) is 4.42. The molecule has 12 nitrogen and oxygen atoms in total. The van der Waals surface area contributed by atoms with Gasteiger partial charge in [0.1, 0.15) is 17.8 Å². The molecule has 0 bridgehead atoms. The molecule has 3 aromatic rings. The molecule has 40 heavy (non-hydrogen) atoms. The van der Waals surface area contributed by atoms with Gasteiger partial charge < -0.3 is 30.1 Å². The summed E-state index contributed by atoms with van der Waals surface area (Å²) in [6.07, 6.45) is 1.48. The second kappa shape index (κ2) is 11.3. The Bertz CT molecular complexity index is 1420. The Morgan fingerprint density at radius 2 is 1.85 bits per heavy atom. The van der Waals surface area contributed by atoms with Gasteiger partial charge in [0.05, 0.1) is 17.2 Å². The molecule has 3 amide bonds. The zero-order valence-corrected chi connectivity index (χ0v) is 25.3. The van der Waals surface area contributed by atoms with Crippen molar-refractivity contribution in [1.82, 2.24) is 29.5 Å². The second-order valence-electron chi connectivity index (χ2n) is 11.1. The summed E-state index contributed by atoms with van der Waals surface area (Å²) in [5, 5.41) is 13.8.